The number of urea groups is 1. The molecule has 2 N–H and O–H groups in total. The number of rotatable bonds is 8. The third kappa shape index (κ3) is 3.85. The number of carboxylic acid groups (broad SMARTS) is 1. The van der Waals surface area contributed by atoms with Crippen LogP contribution in [0.1, 0.15) is 25.7 Å². The molecule has 0 aromatic carbocycles. The first-order valence-corrected chi connectivity index (χ1v) is 7.50. The quantitative estimate of drug-likeness (QED) is 0.644. The SMILES string of the molecule is COCCOCCCNC(=O)N1C2CCC1C(C(=O)O)C2. The van der Waals surface area contributed by atoms with Crippen molar-refractivity contribution in [3.8, 4) is 0 Å². The number of aliphatic carboxylic acids is 1. The van der Waals surface area contributed by atoms with Crippen LogP contribution in [0.4, 0.5) is 4.79 Å². The number of hydrogen-bond acceptors (Lipinski definition) is 4. The lowest BCUT2D eigenvalue weighted by atomic mass is 9.89. The summed E-state index contributed by atoms with van der Waals surface area (Å²) in [5, 5.41) is 12.0. The average molecular weight is 300 g/mol. The van der Waals surface area contributed by atoms with E-state index in [1.165, 1.54) is 0 Å². The minimum Gasteiger partial charge on any atom is -0.481 e. The molecule has 2 aliphatic heterocycles. The lowest BCUT2D eigenvalue weighted by molar-refractivity contribution is -0.142. The van der Waals surface area contributed by atoms with Crippen LogP contribution < -0.4 is 5.32 Å². The highest BCUT2D eigenvalue weighted by Gasteiger charge is 2.51. The number of fused-ring (bicyclic) bond motifs is 2. The molecule has 0 saturated carbocycles. The molecule has 3 unspecified atom stereocenters. The molecular weight excluding hydrogens is 276 g/mol. The third-order valence-electron chi connectivity index (χ3n) is 4.26. The number of ether oxygens (including phenoxy) is 2. The van der Waals surface area contributed by atoms with Gasteiger partial charge < -0.3 is 24.8 Å². The zero-order valence-electron chi connectivity index (χ0n) is 12.4. The van der Waals surface area contributed by atoms with Crippen molar-refractivity contribution in [2.75, 3.05) is 33.5 Å². The molecule has 2 heterocycles. The maximum atomic E-state index is 12.2. The molecular formula is C14H24N2O5. The molecule has 2 fully saturated rings. The average Bonchev–Trinajstić information content (AvgIpc) is 3.04. The van der Waals surface area contributed by atoms with Gasteiger partial charge in [-0.2, -0.15) is 0 Å². The number of carboxylic acids is 1. The van der Waals surface area contributed by atoms with Crippen molar-refractivity contribution >= 4 is 12.0 Å². The molecule has 2 saturated heterocycles. The maximum absolute atomic E-state index is 12.2. The fourth-order valence-corrected chi connectivity index (χ4v) is 3.28. The fraction of sp³-hybridized carbons (Fsp3) is 0.857. The molecule has 0 aromatic heterocycles. The summed E-state index contributed by atoms with van der Waals surface area (Å²) in [7, 11) is 1.62. The fourth-order valence-electron chi connectivity index (χ4n) is 3.28. The monoisotopic (exact) mass is 300 g/mol. The van der Waals surface area contributed by atoms with Gasteiger partial charge in [0.15, 0.2) is 0 Å². The van der Waals surface area contributed by atoms with Crippen LogP contribution in [0.15, 0.2) is 0 Å². The molecule has 7 heteroatoms. The van der Waals surface area contributed by atoms with Gasteiger partial charge in [0.2, 0.25) is 0 Å². The topological polar surface area (TPSA) is 88.1 Å². The van der Waals surface area contributed by atoms with Gasteiger partial charge in [-0.15, -0.1) is 0 Å². The first kappa shape index (κ1) is 16.0. The van der Waals surface area contributed by atoms with Gasteiger partial charge in [0, 0.05) is 32.3 Å². The highest BCUT2D eigenvalue weighted by molar-refractivity contribution is 5.79. The van der Waals surface area contributed by atoms with Crippen LogP contribution in [0, 0.1) is 5.92 Å². The second kappa shape index (κ2) is 7.61. The Balaban J connectivity index is 1.66. The van der Waals surface area contributed by atoms with Gasteiger partial charge in [0.05, 0.1) is 19.1 Å². The van der Waals surface area contributed by atoms with Gasteiger partial charge >= 0.3 is 12.0 Å². The molecule has 2 amide bonds. The van der Waals surface area contributed by atoms with Crippen molar-refractivity contribution in [2.45, 2.75) is 37.8 Å². The van der Waals surface area contributed by atoms with Crippen molar-refractivity contribution in [2.24, 2.45) is 5.92 Å². The van der Waals surface area contributed by atoms with Gasteiger partial charge in [-0.25, -0.2) is 4.79 Å². The van der Waals surface area contributed by atoms with E-state index in [0.717, 1.165) is 19.3 Å². The van der Waals surface area contributed by atoms with E-state index in [1.807, 2.05) is 0 Å². The zero-order valence-corrected chi connectivity index (χ0v) is 12.4. The Bertz CT molecular complexity index is 376. The van der Waals surface area contributed by atoms with Crippen molar-refractivity contribution in [3.05, 3.63) is 0 Å². The van der Waals surface area contributed by atoms with E-state index >= 15 is 0 Å². The molecule has 2 aliphatic rings. The number of nitrogens with zero attached hydrogens (tertiary/aromatic N) is 1. The van der Waals surface area contributed by atoms with Crippen molar-refractivity contribution in [1.82, 2.24) is 10.2 Å². The van der Waals surface area contributed by atoms with Crippen molar-refractivity contribution < 1.29 is 24.2 Å². The number of hydrogen-bond donors (Lipinski definition) is 2. The molecule has 0 spiro atoms. The third-order valence-corrected chi connectivity index (χ3v) is 4.26. The van der Waals surface area contributed by atoms with Crippen LogP contribution >= 0.6 is 0 Å². The summed E-state index contributed by atoms with van der Waals surface area (Å²) in [4.78, 5) is 25.1. The molecule has 0 aliphatic carbocycles. The van der Waals surface area contributed by atoms with E-state index in [9.17, 15) is 9.59 Å². The predicted octanol–water partition coefficient (Wildman–Crippen LogP) is 0.687. The van der Waals surface area contributed by atoms with Gasteiger partial charge in [0.1, 0.15) is 0 Å². The van der Waals surface area contributed by atoms with Gasteiger partial charge in [0.25, 0.3) is 0 Å². The van der Waals surface area contributed by atoms with Crippen LogP contribution in [0.5, 0.6) is 0 Å². The molecule has 0 aromatic rings. The summed E-state index contributed by atoms with van der Waals surface area (Å²) >= 11 is 0. The summed E-state index contributed by atoms with van der Waals surface area (Å²) in [6.45, 7) is 2.24. The van der Waals surface area contributed by atoms with Crippen LogP contribution in [0.25, 0.3) is 0 Å². The summed E-state index contributed by atoms with van der Waals surface area (Å²) in [5.41, 5.74) is 0. The number of methoxy groups -OCH3 is 1. The highest BCUT2D eigenvalue weighted by Crippen LogP contribution is 2.41. The van der Waals surface area contributed by atoms with Crippen molar-refractivity contribution in [3.63, 3.8) is 0 Å². The minimum absolute atomic E-state index is 0.0917. The maximum Gasteiger partial charge on any atom is 0.317 e. The predicted molar refractivity (Wildman–Crippen MR) is 75.1 cm³/mol. The zero-order chi connectivity index (χ0) is 15.2. The Labute approximate surface area is 124 Å². The lowest BCUT2D eigenvalue weighted by Gasteiger charge is -2.23. The van der Waals surface area contributed by atoms with E-state index in [-0.39, 0.29) is 18.1 Å². The molecule has 3 atom stereocenters. The van der Waals surface area contributed by atoms with Gasteiger partial charge in [-0.1, -0.05) is 0 Å². The lowest BCUT2D eigenvalue weighted by Crippen LogP contribution is -2.44. The molecule has 0 radical (unpaired) electrons. The number of carbonyl (C=O) groups excluding carboxylic acids is 1. The Morgan fingerprint density at radius 1 is 1.29 bits per heavy atom. The summed E-state index contributed by atoms with van der Waals surface area (Å²) < 4.78 is 10.2. The number of carbonyl (C=O) groups is 2. The normalized spacial score (nSPS) is 27.1. The molecule has 2 bridgehead atoms. The van der Waals surface area contributed by atoms with E-state index < -0.39 is 11.9 Å². The van der Waals surface area contributed by atoms with Crippen LogP contribution in [0.2, 0.25) is 0 Å². The van der Waals surface area contributed by atoms with E-state index in [4.69, 9.17) is 14.6 Å². The number of amides is 2. The summed E-state index contributed by atoms with van der Waals surface area (Å²) in [6.07, 6.45) is 3.05. The Hall–Kier alpha value is -1.34. The number of nitrogens with one attached hydrogen (secondary N) is 1. The summed E-state index contributed by atoms with van der Waals surface area (Å²) in [6, 6.07) is -0.178. The largest absolute Gasteiger partial charge is 0.481 e. The first-order chi connectivity index (χ1) is 10.1. The highest BCUT2D eigenvalue weighted by atomic mass is 16.5. The minimum atomic E-state index is -0.786. The molecule has 120 valence electrons. The van der Waals surface area contributed by atoms with Gasteiger partial charge in [-0.05, 0) is 25.7 Å². The van der Waals surface area contributed by atoms with Gasteiger partial charge in [-0.3, -0.25) is 4.79 Å². The van der Waals surface area contributed by atoms with E-state index in [1.54, 1.807) is 12.0 Å². The van der Waals surface area contributed by atoms with Crippen molar-refractivity contribution in [1.29, 1.82) is 0 Å². The molecule has 2 rings (SSSR count). The Kier molecular flexibility index (Phi) is 5.81. The smallest absolute Gasteiger partial charge is 0.317 e. The first-order valence-electron chi connectivity index (χ1n) is 7.50. The second-order valence-electron chi connectivity index (χ2n) is 5.58. The Morgan fingerprint density at radius 3 is 2.76 bits per heavy atom. The second-order valence-corrected chi connectivity index (χ2v) is 5.58. The van der Waals surface area contributed by atoms with E-state index in [0.29, 0.717) is 32.8 Å². The van der Waals surface area contributed by atoms with E-state index in [2.05, 4.69) is 5.32 Å². The molecule has 21 heavy (non-hydrogen) atoms. The van der Waals surface area contributed by atoms with Crippen LogP contribution in [0.3, 0.4) is 0 Å². The standard InChI is InChI=1S/C14H24N2O5/c1-20-7-8-21-6-2-5-15-14(19)16-10-3-4-12(16)11(9-10)13(17)18/h10-12H,2-9H2,1H3,(H,15,19)(H,17,18). The van der Waals surface area contributed by atoms with Crippen LogP contribution in [-0.2, 0) is 14.3 Å². The molecule has 7 nitrogen and oxygen atoms in total. The Morgan fingerprint density at radius 2 is 2.10 bits per heavy atom. The summed E-state index contributed by atoms with van der Waals surface area (Å²) in [5.74, 6) is -1.18. The van der Waals surface area contributed by atoms with Crippen LogP contribution in [-0.4, -0.2) is 67.6 Å².